The van der Waals surface area contributed by atoms with E-state index in [0.717, 1.165) is 11.1 Å². The van der Waals surface area contributed by atoms with Gasteiger partial charge < -0.3 is 10.1 Å². The average molecular weight is 337 g/mol. The predicted octanol–water partition coefficient (Wildman–Crippen LogP) is 2.43. The van der Waals surface area contributed by atoms with Crippen molar-refractivity contribution in [1.82, 2.24) is 25.5 Å². The molecule has 0 aliphatic carbocycles. The monoisotopic (exact) mass is 337 g/mol. The number of nitrogens with one attached hydrogen (secondary N) is 2. The van der Waals surface area contributed by atoms with Crippen molar-refractivity contribution in [2.45, 2.75) is 19.1 Å². The third-order valence-corrected chi connectivity index (χ3v) is 3.77. The molecule has 2 atom stereocenters. The van der Waals surface area contributed by atoms with Gasteiger partial charge in [-0.05, 0) is 24.6 Å². The van der Waals surface area contributed by atoms with E-state index in [9.17, 15) is 4.79 Å². The molecule has 3 rings (SSSR count). The topological polar surface area (TPSA) is 92.8 Å². The molecule has 0 fully saturated rings. The van der Waals surface area contributed by atoms with Crippen molar-refractivity contribution in [3.63, 3.8) is 0 Å². The van der Waals surface area contributed by atoms with Crippen LogP contribution in [-0.4, -0.2) is 33.2 Å². The van der Waals surface area contributed by atoms with Crippen LogP contribution in [0.5, 0.6) is 0 Å². The third kappa shape index (κ3) is 3.89. The number of pyridine rings is 1. The maximum Gasteiger partial charge on any atom is 0.254 e. The fraction of sp³-hybridized carbons (Fsp3) is 0.222. The first-order valence-corrected chi connectivity index (χ1v) is 7.90. The Kier molecular flexibility index (Phi) is 5.15. The molecule has 0 aliphatic heterocycles. The Hall–Kier alpha value is -3.06. The molecule has 0 saturated carbocycles. The van der Waals surface area contributed by atoms with E-state index in [0.29, 0.717) is 11.6 Å². The van der Waals surface area contributed by atoms with Gasteiger partial charge in [0.25, 0.3) is 5.91 Å². The smallest absolute Gasteiger partial charge is 0.254 e. The summed E-state index contributed by atoms with van der Waals surface area (Å²) in [4.78, 5) is 21.0. The lowest BCUT2D eigenvalue weighted by atomic mass is 10.1. The van der Waals surface area contributed by atoms with Crippen molar-refractivity contribution < 1.29 is 9.53 Å². The number of hydrogen-bond acceptors (Lipinski definition) is 5. The molecule has 2 aromatic heterocycles. The van der Waals surface area contributed by atoms with Crippen LogP contribution in [0.4, 0.5) is 0 Å². The van der Waals surface area contributed by atoms with Crippen LogP contribution >= 0.6 is 0 Å². The Balaban J connectivity index is 1.70. The van der Waals surface area contributed by atoms with Gasteiger partial charge in [-0.3, -0.25) is 14.9 Å². The number of nitrogens with zero attached hydrogens (tertiary/aromatic N) is 3. The lowest BCUT2D eigenvalue weighted by Gasteiger charge is -2.18. The summed E-state index contributed by atoms with van der Waals surface area (Å²) in [5.74, 6) is 0.867. The Morgan fingerprint density at radius 1 is 1.20 bits per heavy atom. The number of H-pyrrole nitrogens is 1. The maximum atomic E-state index is 12.5. The number of aromatic amines is 1. The van der Waals surface area contributed by atoms with Gasteiger partial charge in [0.1, 0.15) is 5.82 Å². The van der Waals surface area contributed by atoms with Crippen LogP contribution in [0.2, 0.25) is 0 Å². The first kappa shape index (κ1) is 16.8. The van der Waals surface area contributed by atoms with Gasteiger partial charge in [0, 0.05) is 25.1 Å². The highest BCUT2D eigenvalue weighted by Gasteiger charge is 2.23. The maximum absolute atomic E-state index is 12.5. The molecule has 2 heterocycles. The van der Waals surface area contributed by atoms with E-state index in [-0.39, 0.29) is 11.9 Å². The molecule has 0 unspecified atom stereocenters. The normalized spacial score (nSPS) is 13.2. The first-order chi connectivity index (χ1) is 12.2. The zero-order valence-electron chi connectivity index (χ0n) is 14.0. The van der Waals surface area contributed by atoms with Crippen molar-refractivity contribution in [1.29, 1.82) is 0 Å². The standard InChI is InChI=1S/C18H19N5O2/c1-12(16-21-17(23-22-16)14-9-6-10-19-11-14)20-18(24)15(25-2)13-7-4-3-5-8-13/h3-12,15H,1-2H3,(H,20,24)(H,21,22,23)/t12-,15+/m1/s1. The average Bonchev–Trinajstić information content (AvgIpc) is 3.14. The van der Waals surface area contributed by atoms with E-state index >= 15 is 0 Å². The van der Waals surface area contributed by atoms with Gasteiger partial charge in [0.15, 0.2) is 11.9 Å². The molecule has 128 valence electrons. The largest absolute Gasteiger partial charge is 0.367 e. The lowest BCUT2D eigenvalue weighted by molar-refractivity contribution is -0.132. The molecule has 0 spiro atoms. The van der Waals surface area contributed by atoms with Crippen LogP contribution in [0.3, 0.4) is 0 Å². The summed E-state index contributed by atoms with van der Waals surface area (Å²) in [6.07, 6.45) is 2.70. The molecular formula is C18H19N5O2. The summed E-state index contributed by atoms with van der Waals surface area (Å²) in [5.41, 5.74) is 1.60. The summed E-state index contributed by atoms with van der Waals surface area (Å²) < 4.78 is 5.34. The minimum atomic E-state index is -0.677. The highest BCUT2D eigenvalue weighted by Crippen LogP contribution is 2.19. The molecule has 3 aromatic rings. The van der Waals surface area contributed by atoms with Gasteiger partial charge in [0.2, 0.25) is 0 Å². The van der Waals surface area contributed by atoms with Crippen molar-refractivity contribution in [3.8, 4) is 11.4 Å². The first-order valence-electron chi connectivity index (χ1n) is 7.90. The Bertz CT molecular complexity index is 820. The second kappa shape index (κ2) is 7.67. The van der Waals surface area contributed by atoms with E-state index in [4.69, 9.17) is 4.74 Å². The zero-order valence-corrected chi connectivity index (χ0v) is 14.0. The lowest BCUT2D eigenvalue weighted by Crippen LogP contribution is -2.33. The van der Waals surface area contributed by atoms with Crippen molar-refractivity contribution in [2.24, 2.45) is 0 Å². The van der Waals surface area contributed by atoms with Gasteiger partial charge in [-0.2, -0.15) is 5.10 Å². The number of aromatic nitrogens is 4. The van der Waals surface area contributed by atoms with E-state index in [1.165, 1.54) is 7.11 Å². The summed E-state index contributed by atoms with van der Waals surface area (Å²) >= 11 is 0. The van der Waals surface area contributed by atoms with Gasteiger partial charge >= 0.3 is 0 Å². The number of ether oxygens (including phenoxy) is 1. The summed E-state index contributed by atoms with van der Waals surface area (Å²) in [6.45, 7) is 1.84. The minimum Gasteiger partial charge on any atom is -0.367 e. The molecule has 1 amide bonds. The Morgan fingerprint density at radius 3 is 2.68 bits per heavy atom. The highest BCUT2D eigenvalue weighted by atomic mass is 16.5. The van der Waals surface area contributed by atoms with Crippen LogP contribution in [-0.2, 0) is 9.53 Å². The molecule has 7 nitrogen and oxygen atoms in total. The SMILES string of the molecule is CO[C@H](C(=O)N[C@H](C)c1nc(-c2cccnc2)n[nH]1)c1ccccc1. The van der Waals surface area contributed by atoms with E-state index < -0.39 is 6.10 Å². The molecule has 1 aromatic carbocycles. The van der Waals surface area contributed by atoms with E-state index in [2.05, 4.69) is 25.5 Å². The number of rotatable bonds is 6. The van der Waals surface area contributed by atoms with Crippen molar-refractivity contribution in [2.75, 3.05) is 7.11 Å². The summed E-state index contributed by atoms with van der Waals surface area (Å²) in [7, 11) is 1.51. The van der Waals surface area contributed by atoms with Gasteiger partial charge in [-0.1, -0.05) is 30.3 Å². The predicted molar refractivity (Wildman–Crippen MR) is 92.4 cm³/mol. The number of carbonyl (C=O) groups excluding carboxylic acids is 1. The highest BCUT2D eigenvalue weighted by molar-refractivity contribution is 5.82. The summed E-state index contributed by atoms with van der Waals surface area (Å²) in [5, 5.41) is 9.94. The molecule has 25 heavy (non-hydrogen) atoms. The van der Waals surface area contributed by atoms with Crippen molar-refractivity contribution >= 4 is 5.91 Å². The van der Waals surface area contributed by atoms with E-state index in [1.807, 2.05) is 49.4 Å². The van der Waals surface area contributed by atoms with Gasteiger partial charge in [0.05, 0.1) is 6.04 Å². The zero-order chi connectivity index (χ0) is 17.6. The molecular weight excluding hydrogens is 318 g/mol. The molecule has 2 N–H and O–H groups in total. The van der Waals surface area contributed by atoms with Crippen LogP contribution in [0.25, 0.3) is 11.4 Å². The molecule has 7 heteroatoms. The summed E-state index contributed by atoms with van der Waals surface area (Å²) in [6, 6.07) is 12.7. The number of hydrogen-bond donors (Lipinski definition) is 2. The fourth-order valence-electron chi connectivity index (χ4n) is 2.47. The van der Waals surface area contributed by atoms with Crippen LogP contribution < -0.4 is 5.32 Å². The van der Waals surface area contributed by atoms with E-state index in [1.54, 1.807) is 12.4 Å². The second-order valence-electron chi connectivity index (χ2n) is 5.54. The van der Waals surface area contributed by atoms with Gasteiger partial charge in [-0.25, -0.2) is 4.98 Å². The molecule has 0 radical (unpaired) electrons. The molecule has 0 saturated heterocycles. The molecule has 0 bridgehead atoms. The van der Waals surface area contributed by atoms with Crippen LogP contribution in [0.15, 0.2) is 54.9 Å². The number of amides is 1. The fourth-order valence-corrected chi connectivity index (χ4v) is 2.47. The number of carbonyl (C=O) groups is 1. The Labute approximate surface area is 145 Å². The van der Waals surface area contributed by atoms with Gasteiger partial charge in [-0.15, -0.1) is 0 Å². The molecule has 0 aliphatic rings. The Morgan fingerprint density at radius 2 is 2.00 bits per heavy atom. The van der Waals surface area contributed by atoms with Crippen LogP contribution in [0.1, 0.15) is 30.5 Å². The third-order valence-electron chi connectivity index (χ3n) is 3.77. The number of benzene rings is 1. The van der Waals surface area contributed by atoms with Crippen LogP contribution in [0, 0.1) is 0 Å². The minimum absolute atomic E-state index is 0.236. The van der Waals surface area contributed by atoms with Crippen molar-refractivity contribution in [3.05, 3.63) is 66.2 Å². The quantitative estimate of drug-likeness (QED) is 0.720. The number of methoxy groups -OCH3 is 1. The second-order valence-corrected chi connectivity index (χ2v) is 5.54.